The number of amides is 1. The summed E-state index contributed by atoms with van der Waals surface area (Å²) in [7, 11) is 0. The Hall–Kier alpha value is -3.34. The van der Waals surface area contributed by atoms with E-state index < -0.39 is 0 Å². The number of carbonyl (C=O) groups is 1. The maximum atomic E-state index is 12.7. The number of hydrogen-bond donors (Lipinski definition) is 1. The van der Waals surface area contributed by atoms with Crippen molar-refractivity contribution in [3.63, 3.8) is 0 Å². The Labute approximate surface area is 164 Å². The lowest BCUT2D eigenvalue weighted by molar-refractivity contribution is -0.705. The van der Waals surface area contributed by atoms with Gasteiger partial charge in [0.1, 0.15) is 13.2 Å². The molecule has 0 bridgehead atoms. The van der Waals surface area contributed by atoms with Crippen molar-refractivity contribution in [2.45, 2.75) is 19.4 Å². The molecule has 0 spiro atoms. The molecule has 1 atom stereocenters. The van der Waals surface area contributed by atoms with Crippen molar-refractivity contribution < 1.29 is 18.8 Å². The zero-order valence-electron chi connectivity index (χ0n) is 15.8. The predicted octanol–water partition coefficient (Wildman–Crippen LogP) is 3.54. The van der Waals surface area contributed by atoms with Gasteiger partial charge < -0.3 is 14.8 Å². The average Bonchev–Trinajstić information content (AvgIpc) is 2.74. The molecule has 1 amide bonds. The number of benzene rings is 2. The van der Waals surface area contributed by atoms with Gasteiger partial charge in [-0.3, -0.25) is 4.79 Å². The van der Waals surface area contributed by atoms with Crippen molar-refractivity contribution >= 4 is 11.6 Å². The first-order valence-electron chi connectivity index (χ1n) is 9.43. The van der Waals surface area contributed by atoms with Gasteiger partial charge in [0.15, 0.2) is 23.9 Å². The molecule has 5 heteroatoms. The predicted molar refractivity (Wildman–Crippen MR) is 107 cm³/mol. The molecule has 2 heterocycles. The van der Waals surface area contributed by atoms with Gasteiger partial charge in [0.25, 0.3) is 5.91 Å². The summed E-state index contributed by atoms with van der Waals surface area (Å²) in [6.07, 6.45) is 4.78. The summed E-state index contributed by atoms with van der Waals surface area (Å²) in [6.45, 7) is 2.95. The third-order valence-corrected chi connectivity index (χ3v) is 4.81. The lowest BCUT2D eigenvalue weighted by Crippen LogP contribution is -2.44. The van der Waals surface area contributed by atoms with Gasteiger partial charge in [0.05, 0.1) is 0 Å². The second-order valence-corrected chi connectivity index (χ2v) is 6.84. The van der Waals surface area contributed by atoms with Gasteiger partial charge in [0, 0.05) is 30.8 Å². The highest BCUT2D eigenvalue weighted by atomic mass is 16.6. The number of pyridine rings is 1. The van der Waals surface area contributed by atoms with Crippen LogP contribution in [-0.2, 0) is 11.2 Å². The molecule has 5 nitrogen and oxygen atoms in total. The van der Waals surface area contributed by atoms with Gasteiger partial charge in [-0.15, -0.1) is 0 Å². The molecule has 1 aliphatic rings. The van der Waals surface area contributed by atoms with Gasteiger partial charge in [-0.1, -0.05) is 30.3 Å². The highest BCUT2D eigenvalue weighted by molar-refractivity contribution is 5.92. The van der Waals surface area contributed by atoms with E-state index in [0.717, 1.165) is 6.42 Å². The van der Waals surface area contributed by atoms with Crippen LogP contribution in [0.2, 0.25) is 0 Å². The highest BCUT2D eigenvalue weighted by Gasteiger charge is 2.22. The first kappa shape index (κ1) is 18.0. The van der Waals surface area contributed by atoms with Crippen molar-refractivity contribution in [3.8, 4) is 11.5 Å². The number of rotatable bonds is 5. The topological polar surface area (TPSA) is 51.4 Å². The number of fused-ring (bicyclic) bond motifs is 1. The van der Waals surface area contributed by atoms with E-state index in [1.165, 1.54) is 11.1 Å². The van der Waals surface area contributed by atoms with Crippen LogP contribution in [0.15, 0.2) is 73.1 Å². The van der Waals surface area contributed by atoms with E-state index in [0.29, 0.717) is 30.4 Å². The Morgan fingerprint density at radius 3 is 2.39 bits per heavy atom. The fraction of sp³-hybridized carbons (Fsp3) is 0.217. The van der Waals surface area contributed by atoms with E-state index in [2.05, 4.69) is 29.6 Å². The number of aromatic nitrogens is 1. The van der Waals surface area contributed by atoms with E-state index in [1.54, 1.807) is 6.07 Å². The first-order chi connectivity index (χ1) is 13.7. The summed E-state index contributed by atoms with van der Waals surface area (Å²) in [5.74, 6) is 1.28. The monoisotopic (exact) mass is 375 g/mol. The van der Waals surface area contributed by atoms with Crippen LogP contribution in [-0.4, -0.2) is 19.1 Å². The normalized spacial score (nSPS) is 13.6. The molecular formula is C23H23N2O3+. The number of nitrogens with one attached hydrogen (secondary N) is 1. The molecule has 4 rings (SSSR count). The zero-order valence-corrected chi connectivity index (χ0v) is 15.8. The zero-order chi connectivity index (χ0) is 19.3. The Morgan fingerprint density at radius 2 is 1.64 bits per heavy atom. The Bertz CT molecular complexity index is 955. The molecule has 142 valence electrons. The van der Waals surface area contributed by atoms with Crippen molar-refractivity contribution in [1.82, 2.24) is 0 Å². The number of anilines is 1. The minimum atomic E-state index is -0.334. The third-order valence-electron chi connectivity index (χ3n) is 4.81. The molecule has 1 N–H and O–H groups in total. The number of carbonyl (C=O) groups excluding carboxylic acids is 1. The van der Waals surface area contributed by atoms with Crippen LogP contribution in [0.3, 0.4) is 0 Å². The second-order valence-electron chi connectivity index (χ2n) is 6.84. The largest absolute Gasteiger partial charge is 0.486 e. The summed E-state index contributed by atoms with van der Waals surface area (Å²) in [5.41, 5.74) is 3.17. The molecule has 1 aliphatic heterocycles. The van der Waals surface area contributed by atoms with Crippen LogP contribution < -0.4 is 19.4 Å². The van der Waals surface area contributed by atoms with Crippen molar-refractivity contribution in [2.24, 2.45) is 0 Å². The standard InChI is InChI=1S/C23H22N2O3/c1-17(23(26)24-20-7-8-21-22(16-20)28-14-13-27-21)25-11-9-19(10-12-25)15-18-5-3-2-4-6-18/h2-12,16-17H,13-15H2,1H3/p+1/t17-/m0/s1. The van der Waals surface area contributed by atoms with Crippen LogP contribution in [0.25, 0.3) is 0 Å². The fourth-order valence-corrected chi connectivity index (χ4v) is 3.18. The summed E-state index contributed by atoms with van der Waals surface area (Å²) in [5, 5.41) is 2.95. The molecule has 0 unspecified atom stereocenters. The fourth-order valence-electron chi connectivity index (χ4n) is 3.18. The summed E-state index contributed by atoms with van der Waals surface area (Å²) >= 11 is 0. The van der Waals surface area contributed by atoms with Crippen LogP contribution in [0.4, 0.5) is 5.69 Å². The number of nitrogens with zero attached hydrogens (tertiary/aromatic N) is 1. The SMILES string of the molecule is C[C@@H](C(=O)Nc1ccc2c(c1)OCCO2)[n+]1ccc(Cc2ccccc2)cc1. The molecule has 3 aromatic rings. The van der Waals surface area contributed by atoms with Gasteiger partial charge >= 0.3 is 0 Å². The average molecular weight is 375 g/mol. The highest BCUT2D eigenvalue weighted by Crippen LogP contribution is 2.32. The van der Waals surface area contributed by atoms with Gasteiger partial charge in [-0.2, -0.15) is 4.57 Å². The molecule has 1 aromatic heterocycles. The number of ether oxygens (including phenoxy) is 2. The van der Waals surface area contributed by atoms with Crippen LogP contribution in [0.5, 0.6) is 11.5 Å². The molecular weight excluding hydrogens is 352 g/mol. The van der Waals surface area contributed by atoms with Gasteiger partial charge in [-0.05, 0) is 29.7 Å². The van der Waals surface area contributed by atoms with Crippen LogP contribution in [0, 0.1) is 0 Å². The Kier molecular flexibility index (Phi) is 5.24. The van der Waals surface area contributed by atoms with Crippen LogP contribution in [0.1, 0.15) is 24.1 Å². The lowest BCUT2D eigenvalue weighted by Gasteiger charge is -2.19. The molecule has 28 heavy (non-hydrogen) atoms. The van der Waals surface area contributed by atoms with E-state index in [9.17, 15) is 4.79 Å². The maximum Gasteiger partial charge on any atom is 0.293 e. The van der Waals surface area contributed by atoms with Crippen molar-refractivity contribution in [3.05, 3.63) is 84.2 Å². The van der Waals surface area contributed by atoms with E-state index in [4.69, 9.17) is 9.47 Å². The Morgan fingerprint density at radius 1 is 0.964 bits per heavy atom. The third kappa shape index (κ3) is 4.14. The molecule has 2 aromatic carbocycles. The van der Waals surface area contributed by atoms with E-state index >= 15 is 0 Å². The van der Waals surface area contributed by atoms with Crippen molar-refractivity contribution in [2.75, 3.05) is 18.5 Å². The summed E-state index contributed by atoms with van der Waals surface area (Å²) < 4.78 is 13.0. The maximum absolute atomic E-state index is 12.7. The Balaban J connectivity index is 1.41. The van der Waals surface area contributed by atoms with Crippen LogP contribution >= 0.6 is 0 Å². The summed E-state index contributed by atoms with van der Waals surface area (Å²) in [6, 6.07) is 19.6. The van der Waals surface area contributed by atoms with Crippen molar-refractivity contribution in [1.29, 1.82) is 0 Å². The quantitative estimate of drug-likeness (QED) is 0.694. The van der Waals surface area contributed by atoms with E-state index in [1.807, 2.05) is 54.2 Å². The smallest absolute Gasteiger partial charge is 0.293 e. The molecule has 0 aliphatic carbocycles. The molecule has 0 fully saturated rings. The molecule has 0 saturated carbocycles. The van der Waals surface area contributed by atoms with E-state index in [-0.39, 0.29) is 11.9 Å². The lowest BCUT2D eigenvalue weighted by atomic mass is 10.1. The summed E-state index contributed by atoms with van der Waals surface area (Å²) in [4.78, 5) is 12.7. The minimum absolute atomic E-state index is 0.0857. The molecule has 0 saturated heterocycles. The van der Waals surface area contributed by atoms with Gasteiger partial charge in [0.2, 0.25) is 6.04 Å². The first-order valence-corrected chi connectivity index (χ1v) is 9.43. The minimum Gasteiger partial charge on any atom is -0.486 e. The van der Waals surface area contributed by atoms with Gasteiger partial charge in [-0.25, -0.2) is 0 Å². The number of hydrogen-bond acceptors (Lipinski definition) is 3. The molecule has 0 radical (unpaired) electrons. The second kappa shape index (κ2) is 8.13.